The quantitative estimate of drug-likeness (QED) is 0.345. The molecule has 0 unspecified atom stereocenters. The minimum absolute atomic E-state index is 0.285. The molecule has 0 aromatic rings. The summed E-state index contributed by atoms with van der Waals surface area (Å²) in [5, 5.41) is 0.285. The van der Waals surface area contributed by atoms with Crippen molar-refractivity contribution >= 4 is 8.32 Å². The fourth-order valence-corrected chi connectivity index (χ4v) is 2.45. The molecule has 0 atom stereocenters. The molecule has 1 heterocycles. The van der Waals surface area contributed by atoms with Crippen LogP contribution < -0.4 is 0 Å². The molecule has 1 aliphatic heterocycles. The molecule has 0 aromatic heterocycles. The first kappa shape index (κ1) is 5.32. The Bertz CT molecular complexity index is 84.3. The Kier molecular flexibility index (Phi) is 0.724. The number of hydrogen-bond acceptors (Lipinski definition) is 1. The fraction of sp³-hybridized carbons (Fsp3) is 1.00. The van der Waals surface area contributed by atoms with Crippen LogP contribution in [0.5, 0.6) is 0 Å². The minimum Gasteiger partial charge on any atom is -0.410 e. The van der Waals surface area contributed by atoms with E-state index in [1.54, 1.807) is 0 Å². The summed E-state index contributed by atoms with van der Waals surface area (Å²) in [6.07, 6.45) is 0. The summed E-state index contributed by atoms with van der Waals surface area (Å²) in [6.45, 7) is 8.82. The standard InChI is InChI=1S/C5H12OSi/c1-5(2)6-7(5,3)4/h1-4H3. The lowest BCUT2D eigenvalue weighted by Crippen LogP contribution is -2.15. The zero-order valence-corrected chi connectivity index (χ0v) is 6.41. The van der Waals surface area contributed by atoms with Crippen molar-refractivity contribution in [2.75, 3.05) is 0 Å². The van der Waals surface area contributed by atoms with E-state index < -0.39 is 8.32 Å². The molecular formula is C5H12OSi. The van der Waals surface area contributed by atoms with E-state index in [1.165, 1.54) is 0 Å². The average molecular weight is 116 g/mol. The van der Waals surface area contributed by atoms with E-state index in [-0.39, 0.29) is 5.22 Å². The Balaban J connectivity index is 2.59. The van der Waals surface area contributed by atoms with Gasteiger partial charge in [0, 0.05) is 0 Å². The van der Waals surface area contributed by atoms with Crippen molar-refractivity contribution in [2.24, 2.45) is 0 Å². The maximum atomic E-state index is 5.43. The second kappa shape index (κ2) is 0.953. The van der Waals surface area contributed by atoms with Crippen LogP contribution in [0.1, 0.15) is 13.8 Å². The van der Waals surface area contributed by atoms with Gasteiger partial charge in [0.25, 0.3) is 0 Å². The zero-order chi connectivity index (χ0) is 5.71. The van der Waals surface area contributed by atoms with E-state index in [0.29, 0.717) is 0 Å². The Labute approximate surface area is 45.8 Å². The third kappa shape index (κ3) is 0.621. The van der Waals surface area contributed by atoms with E-state index in [1.807, 2.05) is 0 Å². The van der Waals surface area contributed by atoms with Gasteiger partial charge >= 0.3 is 0 Å². The summed E-state index contributed by atoms with van der Waals surface area (Å²) in [6, 6.07) is 0. The van der Waals surface area contributed by atoms with Crippen molar-refractivity contribution in [2.45, 2.75) is 32.2 Å². The van der Waals surface area contributed by atoms with Gasteiger partial charge in [-0.15, -0.1) is 0 Å². The maximum absolute atomic E-state index is 5.43. The molecule has 1 saturated heterocycles. The molecule has 42 valence electrons. The van der Waals surface area contributed by atoms with Crippen LogP contribution in [0, 0.1) is 0 Å². The second-order valence-corrected chi connectivity index (χ2v) is 7.55. The Hall–Kier alpha value is 0.177. The van der Waals surface area contributed by atoms with Gasteiger partial charge in [-0.05, 0) is 26.9 Å². The highest BCUT2D eigenvalue weighted by Gasteiger charge is 2.58. The van der Waals surface area contributed by atoms with Crippen molar-refractivity contribution in [3.05, 3.63) is 0 Å². The second-order valence-electron chi connectivity index (χ2n) is 3.12. The van der Waals surface area contributed by atoms with Gasteiger partial charge in [-0.25, -0.2) is 0 Å². The summed E-state index contributed by atoms with van der Waals surface area (Å²) in [4.78, 5) is 0. The van der Waals surface area contributed by atoms with Crippen LogP contribution in [0.4, 0.5) is 0 Å². The lowest BCUT2D eigenvalue weighted by molar-refractivity contribution is 0.364. The van der Waals surface area contributed by atoms with Crippen LogP contribution >= 0.6 is 0 Å². The molecule has 2 heteroatoms. The largest absolute Gasteiger partial charge is 0.410 e. The van der Waals surface area contributed by atoms with Crippen LogP contribution in [0.3, 0.4) is 0 Å². The van der Waals surface area contributed by atoms with Crippen molar-refractivity contribution in [1.29, 1.82) is 0 Å². The molecule has 0 aliphatic carbocycles. The molecule has 0 amide bonds. The van der Waals surface area contributed by atoms with E-state index >= 15 is 0 Å². The molecule has 1 nitrogen and oxygen atoms in total. The highest BCUT2D eigenvalue weighted by Crippen LogP contribution is 2.41. The van der Waals surface area contributed by atoms with E-state index in [9.17, 15) is 0 Å². The van der Waals surface area contributed by atoms with E-state index in [0.717, 1.165) is 0 Å². The minimum atomic E-state index is -1.09. The summed E-state index contributed by atoms with van der Waals surface area (Å²) < 4.78 is 5.43. The molecule has 7 heavy (non-hydrogen) atoms. The van der Waals surface area contributed by atoms with Crippen molar-refractivity contribution in [3.8, 4) is 0 Å². The molecule has 0 radical (unpaired) electrons. The summed E-state index contributed by atoms with van der Waals surface area (Å²) in [7, 11) is -1.09. The molecule has 1 aliphatic rings. The highest BCUT2D eigenvalue weighted by atomic mass is 28.4. The normalized spacial score (nSPS) is 32.6. The van der Waals surface area contributed by atoms with Gasteiger partial charge in [-0.2, -0.15) is 0 Å². The van der Waals surface area contributed by atoms with Crippen molar-refractivity contribution in [3.63, 3.8) is 0 Å². The van der Waals surface area contributed by atoms with Gasteiger partial charge in [-0.1, -0.05) is 0 Å². The number of hydrogen-bond donors (Lipinski definition) is 0. The SMILES string of the molecule is CC1(C)O[Si]1(C)C. The summed E-state index contributed by atoms with van der Waals surface area (Å²) in [5.41, 5.74) is 0. The fourth-order valence-electron chi connectivity index (χ4n) is 0.612. The third-order valence-corrected chi connectivity index (χ3v) is 5.76. The van der Waals surface area contributed by atoms with Crippen LogP contribution in [-0.4, -0.2) is 13.5 Å². The van der Waals surface area contributed by atoms with Gasteiger partial charge in [0.1, 0.15) is 0 Å². The smallest absolute Gasteiger partial charge is 0.216 e. The van der Waals surface area contributed by atoms with E-state index in [2.05, 4.69) is 26.9 Å². The van der Waals surface area contributed by atoms with Crippen LogP contribution in [0.2, 0.25) is 13.1 Å². The molecule has 1 fully saturated rings. The van der Waals surface area contributed by atoms with Crippen molar-refractivity contribution in [1.82, 2.24) is 0 Å². The first-order valence-electron chi connectivity index (χ1n) is 2.66. The summed E-state index contributed by atoms with van der Waals surface area (Å²) in [5.74, 6) is 0. The molecule has 0 N–H and O–H groups in total. The Morgan fingerprint density at radius 2 is 1.43 bits per heavy atom. The van der Waals surface area contributed by atoms with Gasteiger partial charge in [0.05, 0.1) is 5.22 Å². The maximum Gasteiger partial charge on any atom is 0.216 e. The van der Waals surface area contributed by atoms with Crippen LogP contribution in [0.15, 0.2) is 0 Å². The Morgan fingerprint density at radius 3 is 1.43 bits per heavy atom. The van der Waals surface area contributed by atoms with Crippen molar-refractivity contribution < 1.29 is 4.43 Å². The lowest BCUT2D eigenvalue weighted by atomic mass is 10.5. The zero-order valence-electron chi connectivity index (χ0n) is 5.41. The predicted octanol–water partition coefficient (Wildman–Crippen LogP) is 1.54. The van der Waals surface area contributed by atoms with Gasteiger partial charge in [0.15, 0.2) is 0 Å². The molecular weight excluding hydrogens is 104 g/mol. The Morgan fingerprint density at radius 1 is 1.29 bits per heavy atom. The first-order chi connectivity index (χ1) is 2.96. The average Bonchev–Trinajstić information content (AvgIpc) is 1.63. The summed E-state index contributed by atoms with van der Waals surface area (Å²) >= 11 is 0. The molecule has 0 bridgehead atoms. The monoisotopic (exact) mass is 116 g/mol. The molecule has 0 aromatic carbocycles. The van der Waals surface area contributed by atoms with Gasteiger partial charge in [-0.3, -0.25) is 0 Å². The third-order valence-electron chi connectivity index (χ3n) is 1.92. The first-order valence-corrected chi connectivity index (χ1v) is 5.57. The number of rotatable bonds is 0. The molecule has 0 saturated carbocycles. The van der Waals surface area contributed by atoms with Crippen LogP contribution in [-0.2, 0) is 4.43 Å². The topological polar surface area (TPSA) is 12.5 Å². The predicted molar refractivity (Wildman–Crippen MR) is 32.6 cm³/mol. The van der Waals surface area contributed by atoms with Gasteiger partial charge < -0.3 is 4.43 Å². The molecule has 0 spiro atoms. The highest BCUT2D eigenvalue weighted by molar-refractivity contribution is 6.82. The van der Waals surface area contributed by atoms with Gasteiger partial charge in [0.2, 0.25) is 8.32 Å². The lowest BCUT2D eigenvalue weighted by Gasteiger charge is -1.92. The van der Waals surface area contributed by atoms with E-state index in [4.69, 9.17) is 4.43 Å². The van der Waals surface area contributed by atoms with Crippen LogP contribution in [0.25, 0.3) is 0 Å². The molecule has 1 rings (SSSR count).